The third-order valence-electron chi connectivity index (χ3n) is 1.19. The Bertz CT molecular complexity index is 260. The molecule has 0 aliphatic carbocycles. The van der Waals surface area contributed by atoms with Crippen molar-refractivity contribution in [3.63, 3.8) is 0 Å². The molecule has 1 nitrogen and oxygen atoms in total. The Morgan fingerprint density at radius 1 is 1.36 bits per heavy atom. The minimum atomic E-state index is -1.37. The molecule has 60 valence electrons. The molecule has 4 heteroatoms. The van der Waals surface area contributed by atoms with E-state index >= 15 is 0 Å². The summed E-state index contributed by atoms with van der Waals surface area (Å²) in [6, 6.07) is 5.77. The molecule has 0 radical (unpaired) electrons. The van der Waals surface area contributed by atoms with E-state index in [-0.39, 0.29) is 11.6 Å². The summed E-state index contributed by atoms with van der Waals surface area (Å²) in [5, 5.41) is 0. The van der Waals surface area contributed by atoms with Crippen LogP contribution in [0.15, 0.2) is 24.3 Å². The van der Waals surface area contributed by atoms with Gasteiger partial charge in [-0.15, -0.1) is 0 Å². The first kappa shape index (κ1) is 8.68. The molecule has 0 heterocycles. The second-order valence-corrected chi connectivity index (χ2v) is 3.96. The van der Waals surface area contributed by atoms with E-state index in [9.17, 15) is 8.60 Å². The van der Waals surface area contributed by atoms with Gasteiger partial charge in [0.1, 0.15) is 15.8 Å². The summed E-state index contributed by atoms with van der Waals surface area (Å²) in [6.07, 6.45) is 0. The lowest BCUT2D eigenvalue weighted by Crippen LogP contribution is -1.87. The fourth-order valence-electron chi connectivity index (χ4n) is 0.712. The highest BCUT2D eigenvalue weighted by Gasteiger charge is 1.97. The van der Waals surface area contributed by atoms with Gasteiger partial charge in [0.15, 0.2) is 0 Å². The van der Waals surface area contributed by atoms with Crippen LogP contribution in [0.5, 0.6) is 0 Å². The van der Waals surface area contributed by atoms with E-state index in [2.05, 4.69) is 0 Å². The van der Waals surface area contributed by atoms with Crippen LogP contribution >= 0.6 is 10.7 Å². The lowest BCUT2D eigenvalue weighted by molar-refractivity contribution is 0.627. The van der Waals surface area contributed by atoms with Crippen molar-refractivity contribution >= 4 is 20.7 Å². The first-order valence-corrected chi connectivity index (χ1v) is 5.12. The molecule has 1 atom stereocenters. The molecule has 0 spiro atoms. The van der Waals surface area contributed by atoms with Crippen molar-refractivity contribution in [2.45, 2.75) is 5.75 Å². The highest BCUT2D eigenvalue weighted by Crippen LogP contribution is 2.06. The van der Waals surface area contributed by atoms with Gasteiger partial charge in [-0.05, 0) is 28.4 Å². The van der Waals surface area contributed by atoms with Crippen LogP contribution < -0.4 is 0 Å². The van der Waals surface area contributed by atoms with Crippen LogP contribution in [0.3, 0.4) is 0 Å². The molecule has 1 rings (SSSR count). The zero-order valence-electron chi connectivity index (χ0n) is 5.59. The summed E-state index contributed by atoms with van der Waals surface area (Å²) in [5.41, 5.74) is 0.778. The molecule has 0 saturated heterocycles. The standard InChI is InChI=1S/C7H6ClFOS/c8-11(10)5-6-1-3-7(9)4-2-6/h1-4H,5H2. The number of benzene rings is 1. The minimum absolute atomic E-state index is 0.266. The van der Waals surface area contributed by atoms with E-state index in [1.54, 1.807) is 12.1 Å². The van der Waals surface area contributed by atoms with E-state index in [0.29, 0.717) is 0 Å². The van der Waals surface area contributed by atoms with Crippen molar-refractivity contribution < 1.29 is 8.60 Å². The molecule has 1 aromatic rings. The Hall–Kier alpha value is -0.410. The summed E-state index contributed by atoms with van der Waals surface area (Å²) in [5.74, 6) is -0.0314. The van der Waals surface area contributed by atoms with Crippen LogP contribution in [0.1, 0.15) is 5.56 Å². The molecule has 0 aromatic heterocycles. The second kappa shape index (κ2) is 3.83. The summed E-state index contributed by atoms with van der Waals surface area (Å²) in [4.78, 5) is 0. The maximum absolute atomic E-state index is 12.3. The van der Waals surface area contributed by atoms with E-state index in [1.807, 2.05) is 0 Å². The third kappa shape index (κ3) is 2.99. The van der Waals surface area contributed by atoms with Crippen LogP contribution in [-0.4, -0.2) is 4.21 Å². The average Bonchev–Trinajstić information content (AvgIpc) is 1.93. The molecule has 0 aliphatic rings. The van der Waals surface area contributed by atoms with Crippen molar-refractivity contribution in [1.29, 1.82) is 0 Å². The van der Waals surface area contributed by atoms with Crippen molar-refractivity contribution in [2.75, 3.05) is 0 Å². The zero-order chi connectivity index (χ0) is 8.27. The quantitative estimate of drug-likeness (QED) is 0.657. The van der Waals surface area contributed by atoms with Crippen LogP contribution in [0.2, 0.25) is 0 Å². The monoisotopic (exact) mass is 192 g/mol. The number of halogens is 2. The average molecular weight is 193 g/mol. The molecule has 11 heavy (non-hydrogen) atoms. The third-order valence-corrected chi connectivity index (χ3v) is 2.08. The van der Waals surface area contributed by atoms with E-state index in [1.165, 1.54) is 12.1 Å². The van der Waals surface area contributed by atoms with Gasteiger partial charge in [-0.1, -0.05) is 12.1 Å². The molecular weight excluding hydrogens is 187 g/mol. The van der Waals surface area contributed by atoms with Crippen molar-refractivity contribution in [3.05, 3.63) is 35.6 Å². The fraction of sp³-hybridized carbons (Fsp3) is 0.143. The van der Waals surface area contributed by atoms with Crippen LogP contribution in [-0.2, 0) is 15.8 Å². The van der Waals surface area contributed by atoms with Gasteiger partial charge in [-0.3, -0.25) is 0 Å². The van der Waals surface area contributed by atoms with Gasteiger partial charge in [0.05, 0.1) is 5.75 Å². The maximum Gasteiger partial charge on any atom is 0.123 e. The Labute approximate surface area is 71.1 Å². The zero-order valence-corrected chi connectivity index (χ0v) is 7.16. The number of hydrogen-bond acceptors (Lipinski definition) is 1. The predicted molar refractivity (Wildman–Crippen MR) is 44.1 cm³/mol. The highest BCUT2D eigenvalue weighted by atomic mass is 35.7. The van der Waals surface area contributed by atoms with E-state index in [4.69, 9.17) is 10.7 Å². The fourth-order valence-corrected chi connectivity index (χ4v) is 1.54. The predicted octanol–water partition coefficient (Wildman–Crippen LogP) is 2.23. The lowest BCUT2D eigenvalue weighted by Gasteiger charge is -1.94. The second-order valence-electron chi connectivity index (χ2n) is 2.06. The van der Waals surface area contributed by atoms with Crippen LogP contribution in [0.25, 0.3) is 0 Å². The smallest absolute Gasteiger partial charge is 0.123 e. The molecule has 0 fully saturated rings. The van der Waals surface area contributed by atoms with Crippen LogP contribution in [0, 0.1) is 5.82 Å². The van der Waals surface area contributed by atoms with Gasteiger partial charge >= 0.3 is 0 Å². The maximum atomic E-state index is 12.3. The first-order valence-electron chi connectivity index (χ1n) is 2.97. The van der Waals surface area contributed by atoms with Gasteiger partial charge in [0.25, 0.3) is 0 Å². The molecule has 0 N–H and O–H groups in total. The first-order chi connectivity index (χ1) is 5.18. The van der Waals surface area contributed by atoms with E-state index < -0.39 is 10.0 Å². The van der Waals surface area contributed by atoms with Gasteiger partial charge in [-0.2, -0.15) is 0 Å². The molecular formula is C7H6ClFOS. The lowest BCUT2D eigenvalue weighted by atomic mass is 10.2. The largest absolute Gasteiger partial charge is 0.242 e. The van der Waals surface area contributed by atoms with Crippen LogP contribution in [0.4, 0.5) is 4.39 Å². The molecule has 0 aliphatic heterocycles. The van der Waals surface area contributed by atoms with Gasteiger partial charge < -0.3 is 0 Å². The van der Waals surface area contributed by atoms with Gasteiger partial charge in [0.2, 0.25) is 0 Å². The Balaban J connectivity index is 2.74. The molecule has 1 unspecified atom stereocenters. The number of hydrogen-bond donors (Lipinski definition) is 0. The summed E-state index contributed by atoms with van der Waals surface area (Å²) >= 11 is 0. The molecule has 1 aromatic carbocycles. The van der Waals surface area contributed by atoms with Crippen molar-refractivity contribution in [3.8, 4) is 0 Å². The Morgan fingerprint density at radius 3 is 2.36 bits per heavy atom. The van der Waals surface area contributed by atoms with Gasteiger partial charge in [0, 0.05) is 0 Å². The highest BCUT2D eigenvalue weighted by molar-refractivity contribution is 8.07. The number of rotatable bonds is 2. The molecule has 0 bridgehead atoms. The topological polar surface area (TPSA) is 17.1 Å². The molecule has 0 amide bonds. The minimum Gasteiger partial charge on any atom is -0.242 e. The Morgan fingerprint density at radius 2 is 1.91 bits per heavy atom. The van der Waals surface area contributed by atoms with Crippen molar-refractivity contribution in [1.82, 2.24) is 0 Å². The van der Waals surface area contributed by atoms with Gasteiger partial charge in [-0.25, -0.2) is 8.60 Å². The Kier molecular flexibility index (Phi) is 3.02. The SMILES string of the molecule is O=S(Cl)Cc1ccc(F)cc1. The summed E-state index contributed by atoms with van der Waals surface area (Å²) in [7, 11) is 3.86. The normalized spacial score (nSPS) is 12.9. The summed E-state index contributed by atoms with van der Waals surface area (Å²) < 4.78 is 22.8. The molecule has 0 saturated carbocycles. The summed E-state index contributed by atoms with van der Waals surface area (Å²) in [6.45, 7) is 0. The van der Waals surface area contributed by atoms with E-state index in [0.717, 1.165) is 5.56 Å². The van der Waals surface area contributed by atoms with Crippen molar-refractivity contribution in [2.24, 2.45) is 0 Å².